The number of ether oxygens (including phenoxy) is 1. The van der Waals surface area contributed by atoms with Crippen molar-refractivity contribution in [1.82, 2.24) is 15.2 Å². The molecule has 4 rings (SSSR count). The van der Waals surface area contributed by atoms with Crippen LogP contribution in [0.1, 0.15) is 38.0 Å². The Bertz CT molecular complexity index is 1020. The predicted octanol–water partition coefficient (Wildman–Crippen LogP) is 4.39. The first kappa shape index (κ1) is 18.5. The van der Waals surface area contributed by atoms with Gasteiger partial charge in [0.1, 0.15) is 5.76 Å². The highest BCUT2D eigenvalue weighted by Crippen LogP contribution is 2.43. The lowest BCUT2D eigenvalue weighted by molar-refractivity contribution is -0.118. The van der Waals surface area contributed by atoms with E-state index in [4.69, 9.17) is 9.15 Å². The molecule has 3 aromatic rings. The first-order valence-electron chi connectivity index (χ1n) is 9.08. The van der Waals surface area contributed by atoms with E-state index >= 15 is 0 Å². The maximum absolute atomic E-state index is 12.6. The fourth-order valence-corrected chi connectivity index (χ4v) is 3.71. The van der Waals surface area contributed by atoms with E-state index in [1.807, 2.05) is 43.3 Å². The van der Waals surface area contributed by atoms with Crippen molar-refractivity contribution in [2.75, 3.05) is 10.7 Å². The summed E-state index contributed by atoms with van der Waals surface area (Å²) in [6.07, 6.45) is 0.218. The van der Waals surface area contributed by atoms with Gasteiger partial charge in [-0.25, -0.2) is 0 Å². The molecule has 0 unspecified atom stereocenters. The first-order chi connectivity index (χ1) is 13.6. The van der Waals surface area contributed by atoms with Crippen LogP contribution in [0.5, 0.6) is 5.88 Å². The summed E-state index contributed by atoms with van der Waals surface area (Å²) in [5.41, 5.74) is 1.93. The zero-order valence-electron chi connectivity index (χ0n) is 15.9. The van der Waals surface area contributed by atoms with Crippen LogP contribution in [0.2, 0.25) is 0 Å². The highest BCUT2D eigenvalue weighted by molar-refractivity contribution is 7.99. The number of thioether (sulfide) groups is 1. The summed E-state index contributed by atoms with van der Waals surface area (Å²) in [5, 5.41) is 9.16. The molecule has 1 atom stereocenters. The van der Waals surface area contributed by atoms with Gasteiger partial charge in [-0.3, -0.25) is 9.69 Å². The molecule has 0 saturated heterocycles. The molecule has 1 aromatic carbocycles. The molecule has 1 aliphatic rings. The average Bonchev–Trinajstić information content (AvgIpc) is 3.06. The zero-order chi connectivity index (χ0) is 19.7. The molecule has 0 bridgehead atoms. The molecule has 0 fully saturated rings. The summed E-state index contributed by atoms with van der Waals surface area (Å²) < 4.78 is 12.0. The standard InChI is InChI=1S/C20H20N4O3S/c1-4-11-28-20-21-18-17(22-23-20)14-7-5-6-8-15(14)24(13(3)25)19(27-18)16-10-9-12(2)26-16/h5-10,19H,4,11H2,1-3H3/t19-/m0/s1. The van der Waals surface area contributed by atoms with Crippen molar-refractivity contribution in [2.45, 2.75) is 38.6 Å². The minimum atomic E-state index is -0.783. The number of hydrogen-bond acceptors (Lipinski definition) is 7. The third-order valence-corrected chi connectivity index (χ3v) is 5.33. The Morgan fingerprint density at radius 2 is 2.04 bits per heavy atom. The highest BCUT2D eigenvalue weighted by Gasteiger charge is 2.36. The Hall–Kier alpha value is -2.87. The van der Waals surface area contributed by atoms with Crippen molar-refractivity contribution in [3.05, 3.63) is 47.9 Å². The van der Waals surface area contributed by atoms with Crippen molar-refractivity contribution in [3.8, 4) is 17.1 Å². The predicted molar refractivity (Wildman–Crippen MR) is 106 cm³/mol. The Labute approximate surface area is 167 Å². The van der Waals surface area contributed by atoms with Gasteiger partial charge in [0.15, 0.2) is 11.5 Å². The molecule has 28 heavy (non-hydrogen) atoms. The molecular formula is C20H20N4O3S. The van der Waals surface area contributed by atoms with Crippen LogP contribution in [0.25, 0.3) is 11.3 Å². The van der Waals surface area contributed by atoms with Crippen molar-refractivity contribution in [2.24, 2.45) is 0 Å². The van der Waals surface area contributed by atoms with Gasteiger partial charge in [-0.15, -0.1) is 10.2 Å². The van der Waals surface area contributed by atoms with Crippen LogP contribution in [0.15, 0.2) is 46.0 Å². The molecule has 0 saturated carbocycles. The largest absolute Gasteiger partial charge is 0.460 e. The summed E-state index contributed by atoms with van der Waals surface area (Å²) in [5.74, 6) is 2.31. The fraction of sp³-hybridized carbons (Fsp3) is 0.300. The molecule has 0 radical (unpaired) electrons. The van der Waals surface area contributed by atoms with Crippen LogP contribution < -0.4 is 9.64 Å². The van der Waals surface area contributed by atoms with Gasteiger partial charge in [0.05, 0.1) is 5.69 Å². The molecule has 1 amide bonds. The monoisotopic (exact) mass is 396 g/mol. The topological polar surface area (TPSA) is 81.3 Å². The van der Waals surface area contributed by atoms with Crippen LogP contribution in [0.3, 0.4) is 0 Å². The Balaban J connectivity index is 1.89. The quantitative estimate of drug-likeness (QED) is 0.605. The zero-order valence-corrected chi connectivity index (χ0v) is 16.7. The lowest BCUT2D eigenvalue weighted by atomic mass is 10.1. The Morgan fingerprint density at radius 1 is 1.21 bits per heavy atom. The molecule has 0 spiro atoms. The van der Waals surface area contributed by atoms with Crippen LogP contribution in [-0.2, 0) is 4.79 Å². The first-order valence-corrected chi connectivity index (χ1v) is 10.1. The third kappa shape index (κ3) is 3.35. The van der Waals surface area contributed by atoms with Crippen LogP contribution in [-0.4, -0.2) is 26.8 Å². The van der Waals surface area contributed by atoms with Gasteiger partial charge in [-0.2, -0.15) is 4.98 Å². The van der Waals surface area contributed by atoms with Gasteiger partial charge in [0.25, 0.3) is 0 Å². The van der Waals surface area contributed by atoms with Crippen LogP contribution in [0, 0.1) is 6.92 Å². The second kappa shape index (κ2) is 7.63. The van der Waals surface area contributed by atoms with Gasteiger partial charge in [-0.1, -0.05) is 36.9 Å². The van der Waals surface area contributed by atoms with Gasteiger partial charge in [0, 0.05) is 18.2 Å². The molecule has 1 aliphatic heterocycles. The Kier molecular flexibility index (Phi) is 5.04. The van der Waals surface area contributed by atoms with Crippen LogP contribution in [0.4, 0.5) is 5.69 Å². The SMILES string of the molecule is CCCSc1nnc2c(n1)O[C@@H](c1ccc(C)o1)N(C(C)=O)c1ccccc1-2. The molecule has 3 heterocycles. The number of carbonyl (C=O) groups excluding carboxylic acids is 1. The van der Waals surface area contributed by atoms with E-state index < -0.39 is 6.23 Å². The number of para-hydroxylation sites is 1. The molecule has 8 heteroatoms. The molecule has 0 aliphatic carbocycles. The average molecular weight is 396 g/mol. The second-order valence-electron chi connectivity index (χ2n) is 6.42. The number of rotatable bonds is 4. The summed E-state index contributed by atoms with van der Waals surface area (Å²) in [7, 11) is 0. The minimum Gasteiger partial charge on any atom is -0.460 e. The fourth-order valence-electron chi connectivity index (χ4n) is 3.08. The van der Waals surface area contributed by atoms with Crippen molar-refractivity contribution in [3.63, 3.8) is 0 Å². The number of furan rings is 1. The van der Waals surface area contributed by atoms with E-state index in [0.29, 0.717) is 28.2 Å². The Morgan fingerprint density at radius 3 is 2.75 bits per heavy atom. The number of amides is 1. The summed E-state index contributed by atoms with van der Waals surface area (Å²) in [6, 6.07) is 11.2. The maximum Gasteiger partial charge on any atom is 0.247 e. The minimum absolute atomic E-state index is 0.173. The van der Waals surface area contributed by atoms with E-state index in [2.05, 4.69) is 22.1 Å². The smallest absolute Gasteiger partial charge is 0.247 e. The molecule has 7 nitrogen and oxygen atoms in total. The van der Waals surface area contributed by atoms with Gasteiger partial charge in [-0.05, 0) is 31.5 Å². The van der Waals surface area contributed by atoms with Crippen molar-refractivity contribution < 1.29 is 13.9 Å². The van der Waals surface area contributed by atoms with Gasteiger partial charge in [0.2, 0.25) is 23.2 Å². The van der Waals surface area contributed by atoms with Gasteiger partial charge < -0.3 is 9.15 Å². The summed E-state index contributed by atoms with van der Waals surface area (Å²) in [4.78, 5) is 18.7. The lowest BCUT2D eigenvalue weighted by Crippen LogP contribution is -2.35. The number of anilines is 1. The molecule has 0 N–H and O–H groups in total. The van der Waals surface area contributed by atoms with E-state index in [0.717, 1.165) is 23.5 Å². The number of fused-ring (bicyclic) bond motifs is 3. The highest BCUT2D eigenvalue weighted by atomic mass is 32.2. The van der Waals surface area contributed by atoms with Gasteiger partial charge >= 0.3 is 0 Å². The number of carbonyl (C=O) groups is 1. The number of aryl methyl sites for hydroxylation is 1. The normalized spacial score (nSPS) is 15.4. The van der Waals surface area contributed by atoms with Crippen LogP contribution >= 0.6 is 11.8 Å². The van der Waals surface area contributed by atoms with Crippen molar-refractivity contribution >= 4 is 23.4 Å². The van der Waals surface area contributed by atoms with E-state index in [1.54, 1.807) is 4.90 Å². The molecular weight excluding hydrogens is 376 g/mol. The summed E-state index contributed by atoms with van der Waals surface area (Å²) in [6.45, 7) is 5.45. The van der Waals surface area contributed by atoms with E-state index in [-0.39, 0.29) is 5.91 Å². The number of nitrogens with zero attached hydrogens (tertiary/aromatic N) is 4. The number of hydrogen-bond donors (Lipinski definition) is 0. The van der Waals surface area contributed by atoms with E-state index in [9.17, 15) is 4.79 Å². The second-order valence-corrected chi connectivity index (χ2v) is 7.48. The maximum atomic E-state index is 12.6. The molecule has 2 aromatic heterocycles. The molecule has 144 valence electrons. The lowest BCUT2D eigenvalue weighted by Gasteiger charge is -2.28. The number of aromatic nitrogens is 3. The third-order valence-electron chi connectivity index (χ3n) is 4.29. The number of benzene rings is 1. The summed E-state index contributed by atoms with van der Waals surface area (Å²) >= 11 is 1.52. The van der Waals surface area contributed by atoms with E-state index in [1.165, 1.54) is 18.7 Å². The van der Waals surface area contributed by atoms with Crippen molar-refractivity contribution in [1.29, 1.82) is 0 Å².